The van der Waals surface area contributed by atoms with Crippen LogP contribution in [0, 0.1) is 11.6 Å². The van der Waals surface area contributed by atoms with E-state index in [2.05, 4.69) is 5.32 Å². The molecule has 1 amide bonds. The average Bonchev–Trinajstić information content (AvgIpc) is 3.53. The summed E-state index contributed by atoms with van der Waals surface area (Å²) >= 11 is 1.45. The summed E-state index contributed by atoms with van der Waals surface area (Å²) in [6.45, 7) is 4.10. The number of aliphatic hydroxyl groups excluding tert-OH is 2. The Kier molecular flexibility index (Phi) is 9.69. The summed E-state index contributed by atoms with van der Waals surface area (Å²) in [6, 6.07) is 13.4. The number of carbonyl (C=O) groups is 2. The molecule has 4 N–H and O–H groups in total. The van der Waals surface area contributed by atoms with Crippen molar-refractivity contribution in [3.63, 3.8) is 0 Å². The molecule has 0 fully saturated rings. The Morgan fingerprint density at radius 2 is 1.71 bits per heavy atom. The number of halogens is 2. The lowest BCUT2D eigenvalue weighted by Crippen LogP contribution is -2.22. The van der Waals surface area contributed by atoms with Gasteiger partial charge in [0, 0.05) is 23.5 Å². The standard InChI is InChI=1S/C31H32F2N2O5S/c1-18(2)29-28(31(40)34-23-5-3-4-22(33)14-23)27(20-11-13-41-17-20)30(19-6-8-21(32)9-7-19)35(29)12-10-24(36)15-25(37)16-26(38)39/h3-9,11,13-14,17-18,24-25,36-37H,10,12,15-16H2,1-2H3,(H,34,40)(H,38,39)/t24-,25-/m1/s1. The van der Waals surface area contributed by atoms with Crippen LogP contribution in [0.1, 0.15) is 55.1 Å². The van der Waals surface area contributed by atoms with Gasteiger partial charge in [0.15, 0.2) is 0 Å². The number of hydrogen-bond acceptors (Lipinski definition) is 5. The number of carboxylic acids is 1. The second-order valence-corrected chi connectivity index (χ2v) is 11.0. The zero-order valence-corrected chi connectivity index (χ0v) is 23.5. The first-order valence-corrected chi connectivity index (χ1v) is 14.2. The van der Waals surface area contributed by atoms with Crippen molar-refractivity contribution in [3.8, 4) is 22.4 Å². The van der Waals surface area contributed by atoms with E-state index in [0.29, 0.717) is 33.8 Å². The van der Waals surface area contributed by atoms with E-state index in [1.165, 1.54) is 41.7 Å². The smallest absolute Gasteiger partial charge is 0.305 e. The molecule has 0 unspecified atom stereocenters. The molecule has 2 atom stereocenters. The summed E-state index contributed by atoms with van der Waals surface area (Å²) in [5.41, 5.74) is 4.03. The van der Waals surface area contributed by atoms with E-state index in [9.17, 15) is 28.6 Å². The number of thiophene rings is 1. The van der Waals surface area contributed by atoms with Crippen LogP contribution in [0.5, 0.6) is 0 Å². The first-order valence-electron chi connectivity index (χ1n) is 13.2. The van der Waals surface area contributed by atoms with E-state index in [1.54, 1.807) is 18.2 Å². The Labute approximate surface area is 240 Å². The van der Waals surface area contributed by atoms with Crippen LogP contribution < -0.4 is 5.32 Å². The van der Waals surface area contributed by atoms with Gasteiger partial charge in [-0.2, -0.15) is 11.3 Å². The van der Waals surface area contributed by atoms with Crippen LogP contribution >= 0.6 is 11.3 Å². The van der Waals surface area contributed by atoms with Gasteiger partial charge in [-0.1, -0.05) is 19.9 Å². The van der Waals surface area contributed by atoms with Gasteiger partial charge in [-0.25, -0.2) is 8.78 Å². The molecule has 0 bridgehead atoms. The largest absolute Gasteiger partial charge is 0.481 e. The number of amides is 1. The van der Waals surface area contributed by atoms with Crippen LogP contribution in [0.2, 0.25) is 0 Å². The molecule has 0 spiro atoms. The minimum atomic E-state index is -1.21. The molecule has 0 radical (unpaired) electrons. The van der Waals surface area contributed by atoms with Gasteiger partial charge in [0.05, 0.1) is 29.9 Å². The maximum Gasteiger partial charge on any atom is 0.305 e. The highest BCUT2D eigenvalue weighted by atomic mass is 32.1. The Bertz CT molecular complexity index is 1500. The fraction of sp³-hybridized carbons (Fsp3) is 0.290. The number of aliphatic hydroxyl groups is 2. The summed E-state index contributed by atoms with van der Waals surface area (Å²) in [5.74, 6) is -2.69. The zero-order valence-electron chi connectivity index (χ0n) is 22.7. The Balaban J connectivity index is 1.87. The van der Waals surface area contributed by atoms with Crippen LogP contribution in [0.25, 0.3) is 22.4 Å². The molecule has 0 saturated heterocycles. The van der Waals surface area contributed by atoms with Crippen molar-refractivity contribution in [3.05, 3.63) is 88.2 Å². The number of aliphatic carboxylic acids is 1. The van der Waals surface area contributed by atoms with E-state index >= 15 is 0 Å². The van der Waals surface area contributed by atoms with E-state index < -0.39 is 42.1 Å². The number of carbonyl (C=O) groups excluding carboxylic acids is 1. The van der Waals surface area contributed by atoms with Crippen molar-refractivity contribution >= 4 is 28.9 Å². The second kappa shape index (κ2) is 13.2. The molecular weight excluding hydrogens is 550 g/mol. The predicted octanol–water partition coefficient (Wildman–Crippen LogP) is 6.51. The third-order valence-corrected chi connectivity index (χ3v) is 7.41. The number of nitrogens with zero attached hydrogens (tertiary/aromatic N) is 1. The molecule has 41 heavy (non-hydrogen) atoms. The Hall–Kier alpha value is -3.86. The van der Waals surface area contributed by atoms with Gasteiger partial charge >= 0.3 is 5.97 Å². The summed E-state index contributed by atoms with van der Waals surface area (Å²) in [7, 11) is 0. The number of hydrogen-bond donors (Lipinski definition) is 4. The number of carboxylic acid groups (broad SMARTS) is 1. The molecule has 7 nitrogen and oxygen atoms in total. The van der Waals surface area contributed by atoms with E-state index in [-0.39, 0.29) is 25.3 Å². The fourth-order valence-corrected chi connectivity index (χ4v) is 5.70. The van der Waals surface area contributed by atoms with Gasteiger partial charge in [0.1, 0.15) is 11.6 Å². The molecule has 2 heterocycles. The highest BCUT2D eigenvalue weighted by Gasteiger charge is 2.31. The molecular formula is C31H32F2N2O5S. The molecule has 4 aromatic rings. The molecule has 4 rings (SSSR count). The third kappa shape index (κ3) is 7.27. The summed E-state index contributed by atoms with van der Waals surface area (Å²) in [5, 5.41) is 36.3. The highest BCUT2D eigenvalue weighted by Crippen LogP contribution is 2.43. The van der Waals surface area contributed by atoms with Crippen LogP contribution in [0.4, 0.5) is 14.5 Å². The van der Waals surface area contributed by atoms with Crippen molar-refractivity contribution in [1.82, 2.24) is 4.57 Å². The molecule has 2 aromatic heterocycles. The van der Waals surface area contributed by atoms with Crippen molar-refractivity contribution in [2.75, 3.05) is 5.32 Å². The number of benzene rings is 2. The molecule has 0 aliphatic heterocycles. The molecule has 0 saturated carbocycles. The maximum atomic E-state index is 14.0. The maximum absolute atomic E-state index is 14.0. The van der Waals surface area contributed by atoms with Crippen LogP contribution in [0.3, 0.4) is 0 Å². The number of anilines is 1. The lowest BCUT2D eigenvalue weighted by Gasteiger charge is -2.20. The quantitative estimate of drug-likeness (QED) is 0.152. The zero-order chi connectivity index (χ0) is 29.7. The van der Waals surface area contributed by atoms with Gasteiger partial charge in [0.25, 0.3) is 5.91 Å². The normalized spacial score (nSPS) is 12.9. The van der Waals surface area contributed by atoms with Crippen molar-refractivity contribution < 1.29 is 33.7 Å². The molecule has 10 heteroatoms. The first kappa shape index (κ1) is 30.1. The van der Waals surface area contributed by atoms with Gasteiger partial charge < -0.3 is 25.2 Å². The van der Waals surface area contributed by atoms with Gasteiger partial charge in [-0.3, -0.25) is 9.59 Å². The monoisotopic (exact) mass is 582 g/mol. The minimum Gasteiger partial charge on any atom is -0.481 e. The Morgan fingerprint density at radius 1 is 0.976 bits per heavy atom. The molecule has 0 aliphatic carbocycles. The Morgan fingerprint density at radius 3 is 2.32 bits per heavy atom. The van der Waals surface area contributed by atoms with Gasteiger partial charge in [-0.15, -0.1) is 0 Å². The summed E-state index contributed by atoms with van der Waals surface area (Å²) in [4.78, 5) is 24.9. The minimum absolute atomic E-state index is 0.124. The number of rotatable bonds is 12. The van der Waals surface area contributed by atoms with E-state index in [4.69, 9.17) is 5.11 Å². The first-order chi connectivity index (χ1) is 19.5. The predicted molar refractivity (Wildman–Crippen MR) is 155 cm³/mol. The molecule has 0 aliphatic rings. The second-order valence-electron chi connectivity index (χ2n) is 10.2. The average molecular weight is 583 g/mol. The van der Waals surface area contributed by atoms with Gasteiger partial charge in [-0.05, 0) is 89.2 Å². The lowest BCUT2D eigenvalue weighted by molar-refractivity contribution is -0.139. The third-order valence-electron chi connectivity index (χ3n) is 6.73. The van der Waals surface area contributed by atoms with Crippen LogP contribution in [-0.2, 0) is 11.3 Å². The van der Waals surface area contributed by atoms with E-state index in [1.807, 2.05) is 35.2 Å². The van der Waals surface area contributed by atoms with E-state index in [0.717, 1.165) is 5.56 Å². The highest BCUT2D eigenvalue weighted by molar-refractivity contribution is 7.08. The van der Waals surface area contributed by atoms with Gasteiger partial charge in [0.2, 0.25) is 0 Å². The van der Waals surface area contributed by atoms with Crippen LogP contribution in [-0.4, -0.2) is 44.0 Å². The number of aromatic nitrogens is 1. The summed E-state index contributed by atoms with van der Waals surface area (Å²) in [6.07, 6.45) is -2.66. The van der Waals surface area contributed by atoms with Crippen molar-refractivity contribution in [2.45, 2.75) is 57.8 Å². The summed E-state index contributed by atoms with van der Waals surface area (Å²) < 4.78 is 29.8. The topological polar surface area (TPSA) is 112 Å². The lowest BCUT2D eigenvalue weighted by atomic mass is 9.96. The molecule has 216 valence electrons. The molecule has 2 aromatic carbocycles. The van der Waals surface area contributed by atoms with Crippen LogP contribution in [0.15, 0.2) is 65.4 Å². The number of nitrogens with one attached hydrogen (secondary N) is 1. The van der Waals surface area contributed by atoms with Crippen molar-refractivity contribution in [2.24, 2.45) is 0 Å². The fourth-order valence-electron chi connectivity index (χ4n) is 5.05. The van der Waals surface area contributed by atoms with Crippen molar-refractivity contribution in [1.29, 1.82) is 0 Å². The SMILES string of the molecule is CC(C)c1c(C(=O)Nc2cccc(F)c2)c(-c2ccsc2)c(-c2ccc(F)cc2)n1CC[C@@H](O)C[C@@H](O)CC(=O)O.